The lowest BCUT2D eigenvalue weighted by Crippen LogP contribution is -2.49. The predicted octanol–water partition coefficient (Wildman–Crippen LogP) is 3.36. The summed E-state index contributed by atoms with van der Waals surface area (Å²) in [4.78, 5) is 25.4. The molecule has 2 aliphatic rings. The number of rotatable bonds is 4. The van der Waals surface area contributed by atoms with E-state index in [1.807, 2.05) is 29.2 Å². The van der Waals surface area contributed by atoms with Gasteiger partial charge in [-0.25, -0.2) is 0 Å². The molecular formula is C22H23N5O2. The molecule has 0 bridgehead atoms. The van der Waals surface area contributed by atoms with Crippen molar-refractivity contribution in [3.63, 3.8) is 0 Å². The molecule has 1 aliphatic heterocycles. The van der Waals surface area contributed by atoms with Gasteiger partial charge < -0.3 is 14.3 Å². The Morgan fingerprint density at radius 3 is 2.45 bits per heavy atom. The zero-order chi connectivity index (χ0) is 19.6. The van der Waals surface area contributed by atoms with E-state index in [9.17, 15) is 4.79 Å². The van der Waals surface area contributed by atoms with Crippen molar-refractivity contribution in [2.75, 3.05) is 31.1 Å². The number of carbonyl (C=O) groups is 1. The Morgan fingerprint density at radius 1 is 1.00 bits per heavy atom. The highest BCUT2D eigenvalue weighted by Gasteiger charge is 2.26. The first-order valence-electron chi connectivity index (χ1n) is 10.2. The minimum absolute atomic E-state index is 0.0000265. The monoisotopic (exact) mass is 389 g/mol. The molecule has 7 heteroatoms. The normalized spacial score (nSPS) is 17.2. The highest BCUT2D eigenvalue weighted by molar-refractivity contribution is 5.92. The summed E-state index contributed by atoms with van der Waals surface area (Å²) in [6, 6.07) is 13.7. The molecule has 0 unspecified atom stereocenters. The molecule has 1 amide bonds. The Balaban J connectivity index is 1.21. The van der Waals surface area contributed by atoms with Gasteiger partial charge in [0.15, 0.2) is 0 Å². The van der Waals surface area contributed by atoms with Crippen LogP contribution in [0.5, 0.6) is 0 Å². The summed E-state index contributed by atoms with van der Waals surface area (Å²) >= 11 is 0. The summed E-state index contributed by atoms with van der Waals surface area (Å²) in [7, 11) is 0. The molecule has 5 rings (SSSR count). The van der Waals surface area contributed by atoms with Gasteiger partial charge in [0.2, 0.25) is 11.7 Å². The summed E-state index contributed by atoms with van der Waals surface area (Å²) in [5.41, 5.74) is 2.61. The van der Waals surface area contributed by atoms with Gasteiger partial charge in [0, 0.05) is 49.5 Å². The van der Waals surface area contributed by atoms with Crippen molar-refractivity contribution in [3.8, 4) is 11.4 Å². The Morgan fingerprint density at radius 2 is 1.79 bits per heavy atom. The molecule has 3 heterocycles. The summed E-state index contributed by atoms with van der Waals surface area (Å²) < 4.78 is 5.43. The van der Waals surface area contributed by atoms with E-state index in [4.69, 9.17) is 4.52 Å². The average molecular weight is 389 g/mol. The van der Waals surface area contributed by atoms with Crippen molar-refractivity contribution in [1.29, 1.82) is 0 Å². The van der Waals surface area contributed by atoms with Crippen LogP contribution in [0.25, 0.3) is 11.4 Å². The Labute approximate surface area is 169 Å². The van der Waals surface area contributed by atoms with E-state index in [0.717, 1.165) is 43.1 Å². The van der Waals surface area contributed by atoms with Crippen molar-refractivity contribution in [2.24, 2.45) is 0 Å². The zero-order valence-electron chi connectivity index (χ0n) is 16.2. The quantitative estimate of drug-likeness (QED) is 0.681. The average Bonchev–Trinajstić information content (AvgIpc) is 3.22. The van der Waals surface area contributed by atoms with Gasteiger partial charge in [0.05, 0.1) is 0 Å². The second kappa shape index (κ2) is 7.66. The maximum absolute atomic E-state index is 12.5. The molecule has 2 aromatic heterocycles. The third-order valence-electron chi connectivity index (χ3n) is 5.84. The van der Waals surface area contributed by atoms with E-state index in [0.29, 0.717) is 30.5 Å². The van der Waals surface area contributed by atoms with Crippen molar-refractivity contribution in [2.45, 2.75) is 25.2 Å². The van der Waals surface area contributed by atoms with Gasteiger partial charge in [-0.3, -0.25) is 9.78 Å². The van der Waals surface area contributed by atoms with Crippen LogP contribution in [0.15, 0.2) is 53.2 Å². The largest absolute Gasteiger partial charge is 0.368 e. The topological polar surface area (TPSA) is 75.4 Å². The molecule has 1 saturated heterocycles. The van der Waals surface area contributed by atoms with Crippen LogP contribution < -0.4 is 4.90 Å². The van der Waals surface area contributed by atoms with Crippen LogP contribution in [-0.4, -0.2) is 52.1 Å². The molecule has 0 spiro atoms. The molecule has 1 aromatic carbocycles. The van der Waals surface area contributed by atoms with E-state index in [1.165, 1.54) is 6.42 Å². The van der Waals surface area contributed by atoms with Gasteiger partial charge in [-0.05, 0) is 49.2 Å². The number of piperazine rings is 1. The second-order valence-corrected chi connectivity index (χ2v) is 7.63. The predicted molar refractivity (Wildman–Crippen MR) is 109 cm³/mol. The number of carbonyl (C=O) groups excluding carboxylic acids is 1. The van der Waals surface area contributed by atoms with Crippen molar-refractivity contribution in [3.05, 3.63) is 60.2 Å². The third kappa shape index (κ3) is 3.60. The van der Waals surface area contributed by atoms with E-state index in [1.54, 1.807) is 12.3 Å². The van der Waals surface area contributed by atoms with E-state index in [-0.39, 0.29) is 5.91 Å². The standard InChI is InChI=1S/C22H23N5O2/c28-22(19-6-1-2-11-23-19)27-14-12-26(13-15-27)18-9-7-16(8-10-18)20-24-21(29-25-20)17-4-3-5-17/h1-2,6-11,17H,3-5,12-15H2. The number of hydrogen-bond acceptors (Lipinski definition) is 6. The minimum Gasteiger partial charge on any atom is -0.368 e. The number of anilines is 1. The number of pyridine rings is 1. The van der Waals surface area contributed by atoms with Crippen LogP contribution in [0.3, 0.4) is 0 Å². The van der Waals surface area contributed by atoms with Crippen molar-refractivity contribution < 1.29 is 9.32 Å². The van der Waals surface area contributed by atoms with E-state index >= 15 is 0 Å². The maximum Gasteiger partial charge on any atom is 0.272 e. The molecule has 0 N–H and O–H groups in total. The summed E-state index contributed by atoms with van der Waals surface area (Å²) in [6.07, 6.45) is 5.20. The van der Waals surface area contributed by atoms with E-state index < -0.39 is 0 Å². The Hall–Kier alpha value is -3.22. The number of aromatic nitrogens is 3. The first-order chi connectivity index (χ1) is 14.3. The smallest absolute Gasteiger partial charge is 0.272 e. The minimum atomic E-state index is -0.0000265. The molecule has 3 aromatic rings. The van der Waals surface area contributed by atoms with Crippen LogP contribution in [0.4, 0.5) is 5.69 Å². The molecular weight excluding hydrogens is 366 g/mol. The first-order valence-corrected chi connectivity index (χ1v) is 10.2. The number of nitrogens with zero attached hydrogens (tertiary/aromatic N) is 5. The molecule has 7 nitrogen and oxygen atoms in total. The van der Waals surface area contributed by atoms with Crippen LogP contribution in [0.2, 0.25) is 0 Å². The summed E-state index contributed by atoms with van der Waals surface area (Å²) in [6.45, 7) is 2.97. The van der Waals surface area contributed by atoms with E-state index in [2.05, 4.69) is 32.2 Å². The lowest BCUT2D eigenvalue weighted by atomic mass is 9.85. The fourth-order valence-corrected chi connectivity index (χ4v) is 3.81. The van der Waals surface area contributed by atoms with Crippen LogP contribution in [-0.2, 0) is 0 Å². The zero-order valence-corrected chi connectivity index (χ0v) is 16.2. The van der Waals surface area contributed by atoms with Gasteiger partial charge in [-0.2, -0.15) is 4.98 Å². The maximum atomic E-state index is 12.5. The van der Waals surface area contributed by atoms with Gasteiger partial charge >= 0.3 is 0 Å². The van der Waals surface area contributed by atoms with Gasteiger partial charge in [0.1, 0.15) is 5.69 Å². The molecule has 0 radical (unpaired) electrons. The second-order valence-electron chi connectivity index (χ2n) is 7.63. The van der Waals surface area contributed by atoms with Crippen LogP contribution in [0.1, 0.15) is 41.6 Å². The molecule has 148 valence electrons. The number of amides is 1. The SMILES string of the molecule is O=C(c1ccccn1)N1CCN(c2ccc(-c3noc(C4CCC4)n3)cc2)CC1. The number of hydrogen-bond donors (Lipinski definition) is 0. The van der Waals surface area contributed by atoms with Crippen molar-refractivity contribution in [1.82, 2.24) is 20.0 Å². The first kappa shape index (κ1) is 17.8. The summed E-state index contributed by atoms with van der Waals surface area (Å²) in [5, 5.41) is 4.14. The summed E-state index contributed by atoms with van der Waals surface area (Å²) in [5.74, 6) is 1.87. The molecule has 2 fully saturated rings. The molecule has 1 aliphatic carbocycles. The highest BCUT2D eigenvalue weighted by Crippen LogP contribution is 2.36. The number of benzene rings is 1. The fraction of sp³-hybridized carbons (Fsp3) is 0.364. The lowest BCUT2D eigenvalue weighted by Gasteiger charge is -2.36. The van der Waals surface area contributed by atoms with Crippen LogP contribution in [0, 0.1) is 0 Å². The van der Waals surface area contributed by atoms with Gasteiger partial charge in [-0.15, -0.1) is 0 Å². The third-order valence-corrected chi connectivity index (χ3v) is 5.84. The van der Waals surface area contributed by atoms with Crippen molar-refractivity contribution >= 4 is 11.6 Å². The fourth-order valence-electron chi connectivity index (χ4n) is 3.81. The lowest BCUT2D eigenvalue weighted by molar-refractivity contribution is 0.0741. The Bertz CT molecular complexity index is 974. The highest BCUT2D eigenvalue weighted by atomic mass is 16.5. The molecule has 29 heavy (non-hydrogen) atoms. The van der Waals surface area contributed by atoms with Gasteiger partial charge in [-0.1, -0.05) is 17.6 Å². The van der Waals surface area contributed by atoms with Gasteiger partial charge in [0.25, 0.3) is 5.91 Å². The Kier molecular flexibility index (Phi) is 4.71. The molecule has 0 atom stereocenters. The molecule has 1 saturated carbocycles. The van der Waals surface area contributed by atoms with Crippen LogP contribution >= 0.6 is 0 Å².